The molecule has 0 saturated carbocycles. The number of halogens is 3. The minimum atomic E-state index is -4.41. The summed E-state index contributed by atoms with van der Waals surface area (Å²) in [5.74, 6) is 0.591. The standard InChI is InChI=1S/C10H12F3N5/c1-2-4-18-9(14-7-15-18)6-17-5-3-8(16-17)10(11,12)13/h3,5,7H,2,4,6H2,1H3. The molecule has 98 valence electrons. The van der Waals surface area contributed by atoms with Crippen molar-refractivity contribution in [3.05, 3.63) is 30.1 Å². The lowest BCUT2D eigenvalue weighted by Gasteiger charge is -2.05. The van der Waals surface area contributed by atoms with Crippen molar-refractivity contribution >= 4 is 0 Å². The van der Waals surface area contributed by atoms with Crippen LogP contribution in [0.15, 0.2) is 18.6 Å². The molecule has 2 aromatic heterocycles. The van der Waals surface area contributed by atoms with Gasteiger partial charge in [0.05, 0.1) is 0 Å². The molecule has 5 nitrogen and oxygen atoms in total. The SMILES string of the molecule is CCCn1ncnc1Cn1ccc(C(F)(F)F)n1. The molecule has 0 N–H and O–H groups in total. The first-order valence-electron chi connectivity index (χ1n) is 5.48. The maximum atomic E-state index is 12.4. The third-order valence-electron chi connectivity index (χ3n) is 2.37. The molecule has 0 saturated heterocycles. The highest BCUT2D eigenvalue weighted by molar-refractivity contribution is 5.04. The van der Waals surface area contributed by atoms with Gasteiger partial charge in [-0.05, 0) is 12.5 Å². The smallest absolute Gasteiger partial charge is 0.265 e. The van der Waals surface area contributed by atoms with E-state index in [1.165, 1.54) is 17.2 Å². The fourth-order valence-corrected chi connectivity index (χ4v) is 1.55. The van der Waals surface area contributed by atoms with E-state index in [9.17, 15) is 13.2 Å². The molecule has 0 aromatic carbocycles. The first-order valence-corrected chi connectivity index (χ1v) is 5.48. The van der Waals surface area contributed by atoms with Crippen LogP contribution < -0.4 is 0 Å². The Labute approximate surface area is 101 Å². The van der Waals surface area contributed by atoms with Gasteiger partial charge < -0.3 is 0 Å². The van der Waals surface area contributed by atoms with Crippen molar-refractivity contribution in [1.29, 1.82) is 0 Å². The van der Waals surface area contributed by atoms with Crippen LogP contribution in [0, 0.1) is 0 Å². The first kappa shape index (κ1) is 12.6. The van der Waals surface area contributed by atoms with Crippen LogP contribution in [-0.4, -0.2) is 24.5 Å². The van der Waals surface area contributed by atoms with E-state index in [0.29, 0.717) is 12.4 Å². The fourth-order valence-electron chi connectivity index (χ4n) is 1.55. The van der Waals surface area contributed by atoms with Crippen LogP contribution in [0.3, 0.4) is 0 Å². The summed E-state index contributed by atoms with van der Waals surface area (Å²) in [4.78, 5) is 4.01. The molecule has 0 spiro atoms. The monoisotopic (exact) mass is 259 g/mol. The highest BCUT2D eigenvalue weighted by atomic mass is 19.4. The Morgan fingerprint density at radius 2 is 2.11 bits per heavy atom. The molecule has 0 aliphatic heterocycles. The number of aryl methyl sites for hydroxylation is 1. The second-order valence-corrected chi connectivity index (χ2v) is 3.80. The molecule has 8 heteroatoms. The maximum Gasteiger partial charge on any atom is 0.435 e. The van der Waals surface area contributed by atoms with Crippen LogP contribution in [0.5, 0.6) is 0 Å². The van der Waals surface area contributed by atoms with Gasteiger partial charge in [0, 0.05) is 12.7 Å². The Kier molecular flexibility index (Phi) is 3.35. The normalized spacial score (nSPS) is 12.0. The minimum absolute atomic E-state index is 0.177. The second-order valence-electron chi connectivity index (χ2n) is 3.80. The van der Waals surface area contributed by atoms with Gasteiger partial charge in [0.2, 0.25) is 0 Å². The Morgan fingerprint density at radius 1 is 1.33 bits per heavy atom. The van der Waals surface area contributed by atoms with Gasteiger partial charge in [0.25, 0.3) is 0 Å². The van der Waals surface area contributed by atoms with Gasteiger partial charge in [-0.25, -0.2) is 9.67 Å². The topological polar surface area (TPSA) is 48.5 Å². The Hall–Kier alpha value is -1.86. The van der Waals surface area contributed by atoms with Crippen molar-refractivity contribution in [3.63, 3.8) is 0 Å². The van der Waals surface area contributed by atoms with Gasteiger partial charge >= 0.3 is 6.18 Å². The number of hydrogen-bond acceptors (Lipinski definition) is 3. The van der Waals surface area contributed by atoms with Crippen LogP contribution in [0.4, 0.5) is 13.2 Å². The number of aromatic nitrogens is 5. The fraction of sp³-hybridized carbons (Fsp3) is 0.500. The quantitative estimate of drug-likeness (QED) is 0.843. The summed E-state index contributed by atoms with van der Waals surface area (Å²) < 4.78 is 40.0. The van der Waals surface area contributed by atoms with Crippen LogP contribution >= 0.6 is 0 Å². The molecule has 2 rings (SSSR count). The molecular weight excluding hydrogens is 247 g/mol. The van der Waals surface area contributed by atoms with E-state index in [1.54, 1.807) is 4.68 Å². The minimum Gasteiger partial charge on any atom is -0.265 e. The predicted octanol–water partition coefficient (Wildman–Crippen LogP) is 1.95. The van der Waals surface area contributed by atoms with Gasteiger partial charge in [-0.15, -0.1) is 0 Å². The van der Waals surface area contributed by atoms with E-state index in [-0.39, 0.29) is 6.54 Å². The number of rotatable bonds is 4. The molecule has 0 unspecified atom stereocenters. The Morgan fingerprint density at radius 3 is 2.72 bits per heavy atom. The lowest BCUT2D eigenvalue weighted by molar-refractivity contribution is -0.141. The molecule has 0 aliphatic carbocycles. The van der Waals surface area contributed by atoms with Crippen LogP contribution in [-0.2, 0) is 19.3 Å². The highest BCUT2D eigenvalue weighted by Crippen LogP contribution is 2.27. The van der Waals surface area contributed by atoms with E-state index in [4.69, 9.17) is 0 Å². The van der Waals surface area contributed by atoms with Crippen LogP contribution in [0.2, 0.25) is 0 Å². The molecule has 0 radical (unpaired) electrons. The molecule has 0 fully saturated rings. The average molecular weight is 259 g/mol. The average Bonchev–Trinajstić information content (AvgIpc) is 2.89. The van der Waals surface area contributed by atoms with E-state index < -0.39 is 11.9 Å². The van der Waals surface area contributed by atoms with Crippen molar-refractivity contribution < 1.29 is 13.2 Å². The van der Waals surface area contributed by atoms with Gasteiger partial charge in [-0.3, -0.25) is 4.68 Å². The predicted molar refractivity (Wildman–Crippen MR) is 56.6 cm³/mol. The largest absolute Gasteiger partial charge is 0.435 e. The van der Waals surface area contributed by atoms with Crippen LogP contribution in [0.25, 0.3) is 0 Å². The van der Waals surface area contributed by atoms with Crippen molar-refractivity contribution in [2.45, 2.75) is 32.6 Å². The third-order valence-corrected chi connectivity index (χ3v) is 2.37. The third kappa shape index (κ3) is 2.69. The lowest BCUT2D eigenvalue weighted by Crippen LogP contribution is -2.12. The van der Waals surface area contributed by atoms with Gasteiger partial charge in [-0.2, -0.15) is 23.4 Å². The summed E-state index contributed by atoms with van der Waals surface area (Å²) in [5.41, 5.74) is -0.899. The summed E-state index contributed by atoms with van der Waals surface area (Å²) in [6.45, 7) is 2.85. The van der Waals surface area contributed by atoms with Crippen molar-refractivity contribution in [3.8, 4) is 0 Å². The molecule has 0 amide bonds. The summed E-state index contributed by atoms with van der Waals surface area (Å²) in [5, 5.41) is 7.47. The van der Waals surface area contributed by atoms with E-state index in [2.05, 4.69) is 15.2 Å². The van der Waals surface area contributed by atoms with Gasteiger partial charge in [-0.1, -0.05) is 6.92 Å². The molecule has 2 heterocycles. The molecule has 18 heavy (non-hydrogen) atoms. The molecule has 0 atom stereocenters. The molecular formula is C10H12F3N5. The zero-order valence-electron chi connectivity index (χ0n) is 9.72. The molecule has 0 bridgehead atoms. The Balaban J connectivity index is 2.14. The summed E-state index contributed by atoms with van der Waals surface area (Å²) in [7, 11) is 0. The second kappa shape index (κ2) is 4.79. The van der Waals surface area contributed by atoms with Gasteiger partial charge in [0.15, 0.2) is 5.69 Å². The number of alkyl halides is 3. The van der Waals surface area contributed by atoms with Crippen molar-refractivity contribution in [2.75, 3.05) is 0 Å². The zero-order valence-corrected chi connectivity index (χ0v) is 9.72. The summed E-state index contributed by atoms with van der Waals surface area (Å²) >= 11 is 0. The van der Waals surface area contributed by atoms with Crippen molar-refractivity contribution in [2.24, 2.45) is 0 Å². The van der Waals surface area contributed by atoms with Crippen molar-refractivity contribution in [1.82, 2.24) is 24.5 Å². The number of hydrogen-bond donors (Lipinski definition) is 0. The highest BCUT2D eigenvalue weighted by Gasteiger charge is 2.33. The van der Waals surface area contributed by atoms with E-state index >= 15 is 0 Å². The molecule has 0 aliphatic rings. The van der Waals surface area contributed by atoms with Gasteiger partial charge in [0.1, 0.15) is 18.7 Å². The maximum absolute atomic E-state index is 12.4. The van der Waals surface area contributed by atoms with E-state index in [1.807, 2.05) is 6.92 Å². The summed E-state index contributed by atoms with van der Waals surface area (Å²) in [6, 6.07) is 0.945. The van der Waals surface area contributed by atoms with E-state index in [0.717, 1.165) is 12.5 Å². The zero-order chi connectivity index (χ0) is 13.2. The van der Waals surface area contributed by atoms with Crippen LogP contribution in [0.1, 0.15) is 24.9 Å². The summed E-state index contributed by atoms with van der Waals surface area (Å²) in [6.07, 6.45) is -0.863. The number of nitrogens with zero attached hydrogens (tertiary/aromatic N) is 5. The Bertz CT molecular complexity index is 514. The molecule has 2 aromatic rings. The lowest BCUT2D eigenvalue weighted by atomic mass is 10.4. The first-order chi connectivity index (χ1) is 8.50.